The lowest BCUT2D eigenvalue weighted by Crippen LogP contribution is -2.45. The maximum Gasteiger partial charge on any atom is 0.138 e. The number of Topliss-reactive ketones (excluding diaryl/α,β-unsaturated/α-hetero) is 1. The molecule has 0 heterocycles. The van der Waals surface area contributed by atoms with E-state index in [0.717, 1.165) is 6.42 Å². The van der Waals surface area contributed by atoms with Gasteiger partial charge in [0, 0.05) is 23.4 Å². The Bertz CT molecular complexity index is 274. The third-order valence-electron chi connectivity index (χ3n) is 3.79. The van der Waals surface area contributed by atoms with E-state index in [2.05, 4.69) is 26.1 Å². The highest BCUT2D eigenvalue weighted by molar-refractivity contribution is 5.83. The summed E-state index contributed by atoms with van der Waals surface area (Å²) < 4.78 is 0. The first-order valence-electron chi connectivity index (χ1n) is 7.39. The van der Waals surface area contributed by atoms with Crippen molar-refractivity contribution in [3.05, 3.63) is 0 Å². The monoisotopic (exact) mass is 253 g/mol. The van der Waals surface area contributed by atoms with Gasteiger partial charge >= 0.3 is 0 Å². The number of rotatable bonds is 3. The molecule has 0 aromatic rings. The summed E-state index contributed by atoms with van der Waals surface area (Å²) in [4.78, 5) is 12.0. The molecule has 1 saturated carbocycles. The van der Waals surface area contributed by atoms with Crippen molar-refractivity contribution >= 4 is 5.78 Å². The fraction of sp³-hybridized carbons (Fsp3) is 0.938. The second-order valence-electron chi connectivity index (χ2n) is 7.99. The summed E-state index contributed by atoms with van der Waals surface area (Å²) in [7, 11) is 0. The van der Waals surface area contributed by atoms with Crippen LogP contribution >= 0.6 is 0 Å². The molecule has 0 radical (unpaired) electrons. The van der Waals surface area contributed by atoms with Gasteiger partial charge in [0.05, 0.1) is 0 Å². The van der Waals surface area contributed by atoms with Crippen molar-refractivity contribution < 1.29 is 4.79 Å². The summed E-state index contributed by atoms with van der Waals surface area (Å²) in [5.41, 5.74) is 0.0409. The largest absolute Gasteiger partial charge is 0.309 e. The highest BCUT2D eigenvalue weighted by Gasteiger charge is 2.28. The second kappa shape index (κ2) is 5.73. The minimum Gasteiger partial charge on any atom is -0.309 e. The number of nitrogens with one attached hydrogen (secondary N) is 1. The van der Waals surface area contributed by atoms with Crippen LogP contribution in [0.25, 0.3) is 0 Å². The third-order valence-corrected chi connectivity index (χ3v) is 3.79. The van der Waals surface area contributed by atoms with E-state index in [4.69, 9.17) is 0 Å². The second-order valence-corrected chi connectivity index (χ2v) is 7.99. The Balaban J connectivity index is 2.34. The van der Waals surface area contributed by atoms with Gasteiger partial charge < -0.3 is 5.32 Å². The Hall–Kier alpha value is -0.370. The van der Waals surface area contributed by atoms with Gasteiger partial charge in [0.15, 0.2) is 0 Å². The average molecular weight is 253 g/mol. The van der Waals surface area contributed by atoms with Crippen molar-refractivity contribution in [2.45, 2.75) is 85.2 Å². The van der Waals surface area contributed by atoms with Crippen LogP contribution in [0.1, 0.15) is 73.6 Å². The zero-order valence-electron chi connectivity index (χ0n) is 13.1. The predicted octanol–water partition coefficient (Wildman–Crippen LogP) is 3.94. The molecule has 0 amide bonds. The van der Waals surface area contributed by atoms with Gasteiger partial charge in [0.1, 0.15) is 5.78 Å². The highest BCUT2D eigenvalue weighted by atomic mass is 16.1. The first-order valence-corrected chi connectivity index (χ1v) is 7.39. The normalized spacial score (nSPS) is 26.1. The van der Waals surface area contributed by atoms with Crippen molar-refractivity contribution in [1.82, 2.24) is 5.32 Å². The third kappa shape index (κ3) is 5.51. The molecule has 1 N–H and O–H groups in total. The number of hydrogen-bond acceptors (Lipinski definition) is 2. The predicted molar refractivity (Wildman–Crippen MR) is 77.7 cm³/mol. The average Bonchev–Trinajstić information content (AvgIpc) is 2.17. The first kappa shape index (κ1) is 15.7. The van der Waals surface area contributed by atoms with Crippen molar-refractivity contribution in [2.24, 2.45) is 11.3 Å². The molecule has 0 unspecified atom stereocenters. The zero-order valence-corrected chi connectivity index (χ0v) is 13.1. The summed E-state index contributed by atoms with van der Waals surface area (Å²) in [5, 5.41) is 3.68. The quantitative estimate of drug-likeness (QED) is 0.825. The van der Waals surface area contributed by atoms with Crippen LogP contribution in [0.4, 0.5) is 0 Å². The van der Waals surface area contributed by atoms with E-state index in [9.17, 15) is 4.79 Å². The van der Waals surface area contributed by atoms with Crippen molar-refractivity contribution in [3.63, 3.8) is 0 Å². The van der Waals surface area contributed by atoms with Crippen LogP contribution in [0.2, 0.25) is 0 Å². The molecule has 0 atom stereocenters. The van der Waals surface area contributed by atoms with Gasteiger partial charge in [0.25, 0.3) is 0 Å². The standard InChI is InChI=1S/C16H31NO/c1-15(2,3)14(18)11-12-7-9-13(10-8-12)17-16(4,5)6/h12-13,17H,7-11H2,1-6H3. The molecular formula is C16H31NO. The van der Waals surface area contributed by atoms with Gasteiger partial charge in [-0.05, 0) is 52.4 Å². The number of carbonyl (C=O) groups is 1. The van der Waals surface area contributed by atoms with Crippen LogP contribution in [-0.2, 0) is 4.79 Å². The molecule has 2 heteroatoms. The van der Waals surface area contributed by atoms with Gasteiger partial charge in [-0.3, -0.25) is 4.79 Å². The van der Waals surface area contributed by atoms with Crippen LogP contribution in [0.15, 0.2) is 0 Å². The van der Waals surface area contributed by atoms with E-state index in [1.165, 1.54) is 25.7 Å². The molecule has 0 aromatic heterocycles. The van der Waals surface area contributed by atoms with E-state index in [1.807, 2.05) is 20.8 Å². The molecule has 1 aliphatic rings. The summed E-state index contributed by atoms with van der Waals surface area (Å²) in [6.07, 6.45) is 5.63. The van der Waals surface area contributed by atoms with Gasteiger partial charge in [0.2, 0.25) is 0 Å². The fourth-order valence-corrected chi connectivity index (χ4v) is 2.69. The lowest BCUT2D eigenvalue weighted by molar-refractivity contribution is -0.127. The smallest absolute Gasteiger partial charge is 0.138 e. The molecule has 18 heavy (non-hydrogen) atoms. The van der Waals surface area contributed by atoms with Crippen LogP contribution in [0, 0.1) is 11.3 Å². The van der Waals surface area contributed by atoms with Crippen molar-refractivity contribution in [2.75, 3.05) is 0 Å². The molecule has 1 fully saturated rings. The van der Waals surface area contributed by atoms with E-state index in [-0.39, 0.29) is 11.0 Å². The number of carbonyl (C=O) groups excluding carboxylic acids is 1. The van der Waals surface area contributed by atoms with E-state index in [0.29, 0.717) is 17.7 Å². The molecular weight excluding hydrogens is 222 g/mol. The van der Waals surface area contributed by atoms with Crippen molar-refractivity contribution in [3.8, 4) is 0 Å². The topological polar surface area (TPSA) is 29.1 Å². The number of ketones is 1. The maximum absolute atomic E-state index is 12.0. The van der Waals surface area contributed by atoms with E-state index < -0.39 is 0 Å². The molecule has 2 nitrogen and oxygen atoms in total. The molecule has 1 rings (SSSR count). The number of hydrogen-bond donors (Lipinski definition) is 1. The Morgan fingerprint density at radius 1 is 1.00 bits per heavy atom. The van der Waals surface area contributed by atoms with Crippen molar-refractivity contribution in [1.29, 1.82) is 0 Å². The minimum absolute atomic E-state index is 0.166. The van der Waals surface area contributed by atoms with Crippen LogP contribution in [0.5, 0.6) is 0 Å². The Labute approximate surface area is 113 Å². The highest BCUT2D eigenvalue weighted by Crippen LogP contribution is 2.30. The van der Waals surface area contributed by atoms with Crippen LogP contribution < -0.4 is 5.32 Å². The fourth-order valence-electron chi connectivity index (χ4n) is 2.69. The molecule has 0 spiro atoms. The summed E-state index contributed by atoms with van der Waals surface area (Å²) >= 11 is 0. The molecule has 0 aliphatic heterocycles. The summed E-state index contributed by atoms with van der Waals surface area (Å²) in [6, 6.07) is 0.644. The lowest BCUT2D eigenvalue weighted by Gasteiger charge is -2.34. The van der Waals surface area contributed by atoms with E-state index in [1.54, 1.807) is 0 Å². The summed E-state index contributed by atoms with van der Waals surface area (Å²) in [5.74, 6) is 1.05. The molecule has 1 aliphatic carbocycles. The molecule has 0 saturated heterocycles. The maximum atomic E-state index is 12.0. The zero-order chi connectivity index (χ0) is 14.0. The van der Waals surface area contributed by atoms with E-state index >= 15 is 0 Å². The van der Waals surface area contributed by atoms with Gasteiger partial charge in [-0.25, -0.2) is 0 Å². The van der Waals surface area contributed by atoms with Gasteiger partial charge in [-0.15, -0.1) is 0 Å². The Morgan fingerprint density at radius 2 is 1.50 bits per heavy atom. The van der Waals surface area contributed by atoms with Gasteiger partial charge in [-0.2, -0.15) is 0 Å². The summed E-state index contributed by atoms with van der Waals surface area (Å²) in [6.45, 7) is 12.8. The molecule has 0 aromatic carbocycles. The van der Waals surface area contributed by atoms with Crippen LogP contribution in [-0.4, -0.2) is 17.4 Å². The SMILES string of the molecule is CC(C)(C)NC1CCC(CC(=O)C(C)(C)C)CC1. The Morgan fingerprint density at radius 3 is 1.89 bits per heavy atom. The Kier molecular flexibility index (Phi) is 4.99. The molecule has 106 valence electrons. The molecule has 0 bridgehead atoms. The first-order chi connectivity index (χ1) is 8.08. The minimum atomic E-state index is -0.166. The lowest BCUT2D eigenvalue weighted by atomic mass is 9.78. The van der Waals surface area contributed by atoms with Gasteiger partial charge in [-0.1, -0.05) is 20.8 Å². The van der Waals surface area contributed by atoms with Crippen LogP contribution in [0.3, 0.4) is 0 Å².